The number of nitrogens with zero attached hydrogens (tertiary/aromatic N) is 2. The average molecular weight is 344 g/mol. The Morgan fingerprint density at radius 2 is 1.78 bits per heavy atom. The highest BCUT2D eigenvalue weighted by Crippen LogP contribution is 2.28. The predicted octanol–water partition coefficient (Wildman–Crippen LogP) is 5.35. The van der Waals surface area contributed by atoms with E-state index in [2.05, 4.69) is 26.8 Å². The van der Waals surface area contributed by atoms with Crippen molar-refractivity contribution < 1.29 is 4.74 Å². The van der Waals surface area contributed by atoms with Crippen LogP contribution in [0.3, 0.4) is 0 Å². The van der Waals surface area contributed by atoms with E-state index in [4.69, 9.17) is 16.3 Å². The van der Waals surface area contributed by atoms with Gasteiger partial charge in [0.15, 0.2) is 0 Å². The van der Waals surface area contributed by atoms with E-state index >= 15 is 0 Å². The molecule has 0 unspecified atom stereocenters. The minimum absolute atomic E-state index is 0.275. The van der Waals surface area contributed by atoms with Crippen LogP contribution >= 0.6 is 23.5 Å². The highest BCUT2D eigenvalue weighted by Gasteiger charge is 2.05. The summed E-state index contributed by atoms with van der Waals surface area (Å²) >= 11 is 7.32. The molecule has 0 aliphatic carbocycles. The fourth-order valence-corrected chi connectivity index (χ4v) is 2.64. The van der Waals surface area contributed by atoms with Crippen molar-refractivity contribution >= 4 is 29.2 Å². The number of hydrogen-bond donors (Lipinski definition) is 1. The molecule has 3 rings (SSSR count). The lowest BCUT2D eigenvalue weighted by atomic mass is 10.2. The zero-order valence-corrected chi connectivity index (χ0v) is 13.9. The summed E-state index contributed by atoms with van der Waals surface area (Å²) in [6, 6.07) is 16.3. The van der Waals surface area contributed by atoms with Crippen LogP contribution in [0.1, 0.15) is 5.56 Å². The van der Waals surface area contributed by atoms with Gasteiger partial charge in [-0.2, -0.15) is 0 Å². The van der Waals surface area contributed by atoms with Crippen LogP contribution in [0.4, 0.5) is 5.69 Å². The Labute approximate surface area is 144 Å². The van der Waals surface area contributed by atoms with Crippen LogP contribution in [-0.2, 0) is 0 Å². The molecule has 0 fully saturated rings. The maximum atomic E-state index is 5.76. The molecule has 23 heavy (non-hydrogen) atoms. The van der Waals surface area contributed by atoms with E-state index in [9.17, 15) is 0 Å². The van der Waals surface area contributed by atoms with Gasteiger partial charge in [0.1, 0.15) is 5.75 Å². The minimum atomic E-state index is 0.275. The molecule has 3 aromatic rings. The van der Waals surface area contributed by atoms with Gasteiger partial charge in [0, 0.05) is 10.6 Å². The van der Waals surface area contributed by atoms with E-state index in [1.807, 2.05) is 43.3 Å². The predicted molar refractivity (Wildman–Crippen MR) is 94.2 cm³/mol. The minimum Gasteiger partial charge on any atom is -0.424 e. The van der Waals surface area contributed by atoms with E-state index in [-0.39, 0.29) is 6.01 Å². The van der Waals surface area contributed by atoms with Gasteiger partial charge in [0.05, 0.1) is 17.4 Å². The molecule has 4 nitrogen and oxygen atoms in total. The SMILES string of the molecule is Cc1cc(NSc2ccccc2)ccc1Oc1ncc(Cl)cn1. The summed E-state index contributed by atoms with van der Waals surface area (Å²) < 4.78 is 8.98. The summed E-state index contributed by atoms with van der Waals surface area (Å²) in [4.78, 5) is 9.21. The smallest absolute Gasteiger partial charge is 0.321 e. The van der Waals surface area contributed by atoms with E-state index in [0.717, 1.165) is 16.1 Å². The van der Waals surface area contributed by atoms with Gasteiger partial charge in [-0.15, -0.1) is 0 Å². The highest BCUT2D eigenvalue weighted by molar-refractivity contribution is 8.00. The van der Waals surface area contributed by atoms with Gasteiger partial charge in [-0.1, -0.05) is 29.8 Å². The Morgan fingerprint density at radius 1 is 1.04 bits per heavy atom. The van der Waals surface area contributed by atoms with Crippen molar-refractivity contribution in [2.75, 3.05) is 4.72 Å². The molecule has 1 N–H and O–H groups in total. The summed E-state index contributed by atoms with van der Waals surface area (Å²) in [7, 11) is 0. The normalized spacial score (nSPS) is 10.3. The number of ether oxygens (including phenoxy) is 1. The number of benzene rings is 2. The summed E-state index contributed by atoms with van der Waals surface area (Å²) in [5, 5.41) is 0.478. The molecule has 0 bridgehead atoms. The molecule has 0 saturated carbocycles. The van der Waals surface area contributed by atoms with Crippen molar-refractivity contribution in [2.45, 2.75) is 11.8 Å². The lowest BCUT2D eigenvalue weighted by molar-refractivity contribution is 0.439. The molecular weight excluding hydrogens is 330 g/mol. The zero-order chi connectivity index (χ0) is 16.1. The topological polar surface area (TPSA) is 47.0 Å². The average Bonchev–Trinajstić information content (AvgIpc) is 2.58. The van der Waals surface area contributed by atoms with Crippen LogP contribution in [0.2, 0.25) is 5.02 Å². The Bertz CT molecular complexity index is 782. The van der Waals surface area contributed by atoms with Gasteiger partial charge in [-0.25, -0.2) is 9.97 Å². The van der Waals surface area contributed by atoms with Crippen molar-refractivity contribution in [1.82, 2.24) is 9.97 Å². The molecular formula is C17H14ClN3OS. The first kappa shape index (κ1) is 15.6. The summed E-state index contributed by atoms with van der Waals surface area (Å²) in [6.45, 7) is 1.98. The fourth-order valence-electron chi connectivity index (χ4n) is 1.89. The molecule has 116 valence electrons. The second-order valence-electron chi connectivity index (χ2n) is 4.78. The number of halogens is 1. The lowest BCUT2D eigenvalue weighted by Gasteiger charge is -2.10. The van der Waals surface area contributed by atoms with Gasteiger partial charge in [0.25, 0.3) is 0 Å². The molecule has 0 amide bonds. The second kappa shape index (κ2) is 7.35. The molecule has 0 spiro atoms. The number of rotatable bonds is 5. The Hall–Kier alpha value is -2.24. The van der Waals surface area contributed by atoms with E-state index < -0.39 is 0 Å². The molecule has 6 heteroatoms. The van der Waals surface area contributed by atoms with Crippen molar-refractivity contribution in [3.05, 3.63) is 71.5 Å². The summed E-state index contributed by atoms with van der Waals surface area (Å²) in [5.41, 5.74) is 1.99. The highest BCUT2D eigenvalue weighted by atomic mass is 35.5. The third-order valence-corrected chi connectivity index (χ3v) is 4.04. The third kappa shape index (κ3) is 4.37. The van der Waals surface area contributed by atoms with Crippen molar-refractivity contribution in [1.29, 1.82) is 0 Å². The fraction of sp³-hybridized carbons (Fsp3) is 0.0588. The third-order valence-electron chi connectivity index (χ3n) is 3.00. The van der Waals surface area contributed by atoms with Crippen molar-refractivity contribution in [3.8, 4) is 11.8 Å². The molecule has 0 radical (unpaired) electrons. The van der Waals surface area contributed by atoms with Gasteiger partial charge >= 0.3 is 6.01 Å². The number of anilines is 1. The molecule has 0 atom stereocenters. The Balaban J connectivity index is 1.67. The quantitative estimate of drug-likeness (QED) is 0.633. The van der Waals surface area contributed by atoms with Gasteiger partial charge in [0.2, 0.25) is 0 Å². The van der Waals surface area contributed by atoms with Crippen molar-refractivity contribution in [2.24, 2.45) is 0 Å². The van der Waals surface area contributed by atoms with Crippen LogP contribution < -0.4 is 9.46 Å². The molecule has 1 heterocycles. The van der Waals surface area contributed by atoms with E-state index in [0.29, 0.717) is 10.8 Å². The van der Waals surface area contributed by atoms with E-state index in [1.54, 1.807) is 11.9 Å². The molecule has 1 aromatic heterocycles. The zero-order valence-electron chi connectivity index (χ0n) is 12.4. The van der Waals surface area contributed by atoms with Crippen LogP contribution in [0.25, 0.3) is 0 Å². The van der Waals surface area contributed by atoms with Gasteiger partial charge < -0.3 is 9.46 Å². The van der Waals surface area contributed by atoms with Crippen LogP contribution in [0.15, 0.2) is 65.8 Å². The van der Waals surface area contributed by atoms with Gasteiger partial charge in [-0.3, -0.25) is 0 Å². The lowest BCUT2D eigenvalue weighted by Crippen LogP contribution is -1.94. The Kier molecular flexibility index (Phi) is 5.00. The van der Waals surface area contributed by atoms with Gasteiger partial charge in [-0.05, 0) is 54.8 Å². The number of aryl methyl sites for hydroxylation is 1. The Morgan fingerprint density at radius 3 is 2.48 bits per heavy atom. The number of hydrogen-bond acceptors (Lipinski definition) is 5. The molecule has 0 saturated heterocycles. The van der Waals surface area contributed by atoms with Crippen LogP contribution in [-0.4, -0.2) is 9.97 Å². The second-order valence-corrected chi connectivity index (χ2v) is 6.10. The largest absolute Gasteiger partial charge is 0.424 e. The molecule has 2 aromatic carbocycles. The number of nitrogens with one attached hydrogen (secondary N) is 1. The maximum absolute atomic E-state index is 5.76. The summed E-state index contributed by atoms with van der Waals surface area (Å²) in [5.74, 6) is 0.711. The van der Waals surface area contributed by atoms with Crippen LogP contribution in [0.5, 0.6) is 11.8 Å². The monoisotopic (exact) mass is 343 g/mol. The van der Waals surface area contributed by atoms with Crippen molar-refractivity contribution in [3.63, 3.8) is 0 Å². The first-order valence-electron chi connectivity index (χ1n) is 6.95. The first-order valence-corrected chi connectivity index (χ1v) is 8.14. The molecule has 0 aliphatic rings. The number of aromatic nitrogens is 2. The maximum Gasteiger partial charge on any atom is 0.321 e. The van der Waals surface area contributed by atoms with E-state index in [1.165, 1.54) is 12.4 Å². The van der Waals surface area contributed by atoms with Crippen LogP contribution in [0, 0.1) is 6.92 Å². The first-order chi connectivity index (χ1) is 11.2. The summed E-state index contributed by atoms with van der Waals surface area (Å²) in [6.07, 6.45) is 3.01. The standard InChI is InChI=1S/C17H14ClN3OS/c1-12-9-14(21-23-15-5-3-2-4-6-15)7-8-16(12)22-17-19-10-13(18)11-20-17/h2-11,21H,1H3. The molecule has 0 aliphatic heterocycles.